The van der Waals surface area contributed by atoms with Crippen LogP contribution in [0.15, 0.2) is 48.7 Å². The van der Waals surface area contributed by atoms with Crippen LogP contribution in [0.1, 0.15) is 10.5 Å². The van der Waals surface area contributed by atoms with E-state index in [1.807, 2.05) is 0 Å². The second-order valence-corrected chi connectivity index (χ2v) is 4.34. The van der Waals surface area contributed by atoms with E-state index in [1.54, 1.807) is 18.2 Å². The highest BCUT2D eigenvalue weighted by Gasteiger charge is 2.10. The number of carbonyl (C=O) groups is 1. The second kappa shape index (κ2) is 7.35. The van der Waals surface area contributed by atoms with Gasteiger partial charge in [0.25, 0.3) is 5.91 Å². The lowest BCUT2D eigenvalue weighted by Gasteiger charge is -2.13. The summed E-state index contributed by atoms with van der Waals surface area (Å²) in [6, 6.07) is 10.5. The highest BCUT2D eigenvalue weighted by atomic mass is 19.1. The number of pyridine rings is 1. The number of amides is 1. The summed E-state index contributed by atoms with van der Waals surface area (Å²) in [6.07, 6.45) is 0.644. The van der Waals surface area contributed by atoms with E-state index in [0.717, 1.165) is 0 Å². The third-order valence-corrected chi connectivity index (χ3v) is 2.65. The van der Waals surface area contributed by atoms with Gasteiger partial charge >= 0.3 is 0 Å². The fraction of sp³-hybridized carbons (Fsp3) is 0.200. The van der Waals surface area contributed by atoms with Crippen molar-refractivity contribution in [1.29, 1.82) is 0 Å². The van der Waals surface area contributed by atoms with E-state index in [-0.39, 0.29) is 30.6 Å². The molecule has 1 heterocycles. The third-order valence-electron chi connectivity index (χ3n) is 2.65. The van der Waals surface area contributed by atoms with Gasteiger partial charge in [-0.05, 0) is 36.4 Å². The Hall–Kier alpha value is -2.47. The molecule has 1 amide bonds. The van der Waals surface area contributed by atoms with E-state index in [2.05, 4.69) is 10.3 Å². The minimum Gasteiger partial charge on any atom is -0.491 e. The molecule has 2 rings (SSSR count). The van der Waals surface area contributed by atoms with Crippen LogP contribution in [0.2, 0.25) is 0 Å². The molecular weight excluding hydrogens is 275 g/mol. The van der Waals surface area contributed by atoms with Crippen LogP contribution in [0.4, 0.5) is 4.39 Å². The summed E-state index contributed by atoms with van der Waals surface area (Å²) in [7, 11) is 0. The number of rotatable bonds is 6. The summed E-state index contributed by atoms with van der Waals surface area (Å²) in [5.41, 5.74) is 0.282. The monoisotopic (exact) mass is 290 g/mol. The van der Waals surface area contributed by atoms with Gasteiger partial charge < -0.3 is 15.2 Å². The average Bonchev–Trinajstić information content (AvgIpc) is 2.53. The lowest BCUT2D eigenvalue weighted by Crippen LogP contribution is -2.35. The molecule has 2 N–H and O–H groups in total. The van der Waals surface area contributed by atoms with Gasteiger partial charge in [0.15, 0.2) is 0 Å². The summed E-state index contributed by atoms with van der Waals surface area (Å²) >= 11 is 0. The van der Waals surface area contributed by atoms with E-state index in [0.29, 0.717) is 5.75 Å². The Kier molecular flexibility index (Phi) is 5.22. The molecule has 0 saturated carbocycles. The SMILES string of the molecule is O=C(NC[C@@H](O)COc1ccc(F)cc1)c1ccccn1. The van der Waals surface area contributed by atoms with Crippen LogP contribution >= 0.6 is 0 Å². The van der Waals surface area contributed by atoms with Crippen LogP contribution in [0.25, 0.3) is 0 Å². The van der Waals surface area contributed by atoms with Crippen molar-refractivity contribution in [3.63, 3.8) is 0 Å². The Bertz CT molecular complexity index is 575. The fourth-order valence-electron chi connectivity index (χ4n) is 1.58. The molecule has 1 atom stereocenters. The average molecular weight is 290 g/mol. The summed E-state index contributed by atoms with van der Waals surface area (Å²) in [4.78, 5) is 15.6. The molecule has 0 saturated heterocycles. The standard InChI is InChI=1S/C15H15FN2O3/c16-11-4-6-13(7-5-11)21-10-12(19)9-18-15(20)14-3-1-2-8-17-14/h1-8,12,19H,9-10H2,(H,18,20)/t12-/m1/s1. The molecular formula is C15H15FN2O3. The number of halogens is 1. The topological polar surface area (TPSA) is 71.5 Å². The van der Waals surface area contributed by atoms with Crippen LogP contribution in [0.3, 0.4) is 0 Å². The number of hydrogen-bond donors (Lipinski definition) is 2. The summed E-state index contributed by atoms with van der Waals surface area (Å²) < 4.78 is 18.0. The molecule has 1 aromatic heterocycles. The molecule has 0 unspecified atom stereocenters. The normalized spacial score (nSPS) is 11.7. The molecule has 0 fully saturated rings. The zero-order chi connectivity index (χ0) is 15.1. The number of ether oxygens (including phenoxy) is 1. The maximum absolute atomic E-state index is 12.7. The molecule has 0 spiro atoms. The highest BCUT2D eigenvalue weighted by molar-refractivity contribution is 5.92. The maximum atomic E-state index is 12.7. The van der Waals surface area contributed by atoms with Crippen LogP contribution in [-0.4, -0.2) is 35.3 Å². The van der Waals surface area contributed by atoms with Gasteiger partial charge in [0.2, 0.25) is 0 Å². The first kappa shape index (κ1) is 14.9. The molecule has 0 aliphatic carbocycles. The minimum atomic E-state index is -0.872. The largest absolute Gasteiger partial charge is 0.491 e. The van der Waals surface area contributed by atoms with Crippen molar-refractivity contribution in [2.24, 2.45) is 0 Å². The van der Waals surface area contributed by atoms with Gasteiger partial charge in [0.1, 0.15) is 30.0 Å². The molecule has 5 nitrogen and oxygen atoms in total. The first-order chi connectivity index (χ1) is 10.1. The zero-order valence-electron chi connectivity index (χ0n) is 11.2. The third kappa shape index (κ3) is 4.85. The van der Waals surface area contributed by atoms with Crippen LogP contribution in [-0.2, 0) is 0 Å². The van der Waals surface area contributed by atoms with Crippen LogP contribution < -0.4 is 10.1 Å². The van der Waals surface area contributed by atoms with E-state index < -0.39 is 6.10 Å². The highest BCUT2D eigenvalue weighted by Crippen LogP contribution is 2.11. The Balaban J connectivity index is 1.73. The number of aromatic nitrogens is 1. The van der Waals surface area contributed by atoms with Gasteiger partial charge in [-0.1, -0.05) is 6.07 Å². The van der Waals surface area contributed by atoms with E-state index in [4.69, 9.17) is 4.74 Å². The predicted octanol–water partition coefficient (Wildman–Crippen LogP) is 1.39. The maximum Gasteiger partial charge on any atom is 0.269 e. The van der Waals surface area contributed by atoms with Crippen molar-refractivity contribution in [1.82, 2.24) is 10.3 Å². The Morgan fingerprint density at radius 2 is 2.05 bits per heavy atom. The van der Waals surface area contributed by atoms with E-state index in [9.17, 15) is 14.3 Å². The van der Waals surface area contributed by atoms with Gasteiger partial charge in [-0.2, -0.15) is 0 Å². The summed E-state index contributed by atoms with van der Waals surface area (Å²) in [6.45, 7) is 0.0325. The molecule has 0 bridgehead atoms. The number of carbonyl (C=O) groups excluding carboxylic acids is 1. The van der Waals surface area contributed by atoms with Gasteiger partial charge in [0, 0.05) is 12.7 Å². The van der Waals surface area contributed by atoms with Crippen LogP contribution in [0, 0.1) is 5.82 Å². The molecule has 2 aromatic rings. The first-order valence-electron chi connectivity index (χ1n) is 6.41. The van der Waals surface area contributed by atoms with Gasteiger partial charge in [-0.25, -0.2) is 4.39 Å². The Labute approximate surface area is 121 Å². The number of benzene rings is 1. The van der Waals surface area contributed by atoms with Crippen molar-refractivity contribution in [2.45, 2.75) is 6.10 Å². The second-order valence-electron chi connectivity index (χ2n) is 4.34. The molecule has 110 valence electrons. The van der Waals surface area contributed by atoms with Crippen molar-refractivity contribution in [2.75, 3.05) is 13.2 Å². The molecule has 1 aromatic carbocycles. The van der Waals surface area contributed by atoms with Crippen molar-refractivity contribution in [3.8, 4) is 5.75 Å². The Morgan fingerprint density at radius 1 is 1.29 bits per heavy atom. The molecule has 21 heavy (non-hydrogen) atoms. The number of nitrogens with zero attached hydrogens (tertiary/aromatic N) is 1. The predicted molar refractivity (Wildman–Crippen MR) is 74.5 cm³/mol. The zero-order valence-corrected chi connectivity index (χ0v) is 11.2. The van der Waals surface area contributed by atoms with Crippen molar-refractivity contribution in [3.05, 3.63) is 60.2 Å². The first-order valence-corrected chi connectivity index (χ1v) is 6.41. The Morgan fingerprint density at radius 3 is 2.71 bits per heavy atom. The molecule has 0 aliphatic rings. The van der Waals surface area contributed by atoms with Gasteiger partial charge in [-0.3, -0.25) is 9.78 Å². The van der Waals surface area contributed by atoms with Crippen LogP contribution in [0.5, 0.6) is 5.75 Å². The van der Waals surface area contributed by atoms with Gasteiger partial charge in [0.05, 0.1) is 0 Å². The quantitative estimate of drug-likeness (QED) is 0.843. The van der Waals surface area contributed by atoms with Gasteiger partial charge in [-0.15, -0.1) is 0 Å². The fourth-order valence-corrected chi connectivity index (χ4v) is 1.58. The minimum absolute atomic E-state index is 0.00582. The number of aliphatic hydroxyl groups is 1. The number of aliphatic hydroxyl groups excluding tert-OH is 1. The molecule has 6 heteroatoms. The van der Waals surface area contributed by atoms with E-state index >= 15 is 0 Å². The number of hydrogen-bond acceptors (Lipinski definition) is 4. The lowest BCUT2D eigenvalue weighted by molar-refractivity contribution is 0.0839. The van der Waals surface area contributed by atoms with Crippen molar-refractivity contribution >= 4 is 5.91 Å². The summed E-state index contributed by atoms with van der Waals surface area (Å²) in [5.74, 6) is -0.270. The number of nitrogens with one attached hydrogen (secondary N) is 1. The molecule has 0 aliphatic heterocycles. The lowest BCUT2D eigenvalue weighted by atomic mass is 10.3. The van der Waals surface area contributed by atoms with E-state index in [1.165, 1.54) is 30.5 Å². The smallest absolute Gasteiger partial charge is 0.269 e. The summed E-state index contributed by atoms with van der Waals surface area (Å²) in [5, 5.41) is 12.3. The molecule has 0 radical (unpaired) electrons. The van der Waals surface area contributed by atoms with Crippen molar-refractivity contribution < 1.29 is 19.0 Å².